The molecule has 44 heavy (non-hydrogen) atoms. The molecule has 0 aliphatic heterocycles. The normalized spacial score (nSPS) is 12.0. The molecule has 2 N–H and O–H groups in total. The molecule has 4 aromatic carbocycles. The van der Waals surface area contributed by atoms with Crippen molar-refractivity contribution in [2.45, 2.75) is 25.7 Å². The molecule has 0 fully saturated rings. The van der Waals surface area contributed by atoms with Gasteiger partial charge in [0.1, 0.15) is 13.2 Å². The van der Waals surface area contributed by atoms with Crippen LogP contribution in [0.3, 0.4) is 0 Å². The number of hydrogen-bond donors (Lipinski definition) is 2. The molecule has 0 radical (unpaired) electrons. The number of ether oxygens (including phenoxy) is 2. The zero-order valence-corrected chi connectivity index (χ0v) is 24.1. The lowest BCUT2D eigenvalue weighted by atomic mass is 10.1. The van der Waals surface area contributed by atoms with E-state index in [1.54, 1.807) is 48.5 Å². The molecule has 11 nitrogen and oxygen atoms in total. The highest BCUT2D eigenvalue weighted by Gasteiger charge is 2.35. The van der Waals surface area contributed by atoms with Gasteiger partial charge in [-0.05, 0) is 35.4 Å². The van der Waals surface area contributed by atoms with Crippen LogP contribution in [0.5, 0.6) is 0 Å². The van der Waals surface area contributed by atoms with Crippen LogP contribution in [0.4, 0.5) is 9.59 Å². The number of nitrogens with zero attached hydrogens (tertiary/aromatic N) is 2. The van der Waals surface area contributed by atoms with Crippen LogP contribution < -0.4 is 10.6 Å². The monoisotopic (exact) mass is 609 g/mol. The lowest BCUT2D eigenvalue weighted by Gasteiger charge is -2.16. The molecular weight excluding hydrogens is 583 g/mol. The Morgan fingerprint density at radius 2 is 0.977 bits per heavy atom. The SMILES string of the molecule is N#Cc1ccc(C(NC(=O)OCc2ccccc2)O[P+](=O)OC(NC(=O)OCc2ccccc2)c2ccc(C#N)cc2)cc1. The van der Waals surface area contributed by atoms with Crippen molar-refractivity contribution in [3.63, 3.8) is 0 Å². The average molecular weight is 610 g/mol. The second kappa shape index (κ2) is 16.2. The summed E-state index contributed by atoms with van der Waals surface area (Å²) in [6, 6.07) is 34.1. The third kappa shape index (κ3) is 9.76. The molecule has 0 heterocycles. The van der Waals surface area contributed by atoms with Crippen molar-refractivity contribution >= 4 is 20.4 Å². The maximum absolute atomic E-state index is 13.2. The molecule has 0 aliphatic carbocycles. The Bertz CT molecular complexity index is 1520. The molecule has 0 saturated carbocycles. The first-order valence-corrected chi connectivity index (χ1v) is 14.3. The maximum Gasteiger partial charge on any atom is 0.702 e. The predicted molar refractivity (Wildman–Crippen MR) is 157 cm³/mol. The molecule has 4 rings (SSSR count). The van der Waals surface area contributed by atoms with Crippen LogP contribution in [0.1, 0.15) is 45.8 Å². The summed E-state index contributed by atoms with van der Waals surface area (Å²) in [5.74, 6) is 0. The molecule has 0 spiro atoms. The smallest absolute Gasteiger partial charge is 0.445 e. The number of amides is 2. The summed E-state index contributed by atoms with van der Waals surface area (Å²) in [5, 5.41) is 23.3. The summed E-state index contributed by atoms with van der Waals surface area (Å²) >= 11 is 0. The van der Waals surface area contributed by atoms with E-state index in [1.165, 1.54) is 48.5 Å². The Labute approximate surface area is 254 Å². The first kappa shape index (κ1) is 31.4. The molecule has 0 bridgehead atoms. The van der Waals surface area contributed by atoms with E-state index in [2.05, 4.69) is 10.6 Å². The van der Waals surface area contributed by atoms with Crippen molar-refractivity contribution in [3.8, 4) is 12.1 Å². The summed E-state index contributed by atoms with van der Waals surface area (Å²) in [6.45, 7) is -0.0453. The summed E-state index contributed by atoms with van der Waals surface area (Å²) in [5.41, 5.74) is 2.92. The molecule has 0 saturated heterocycles. The van der Waals surface area contributed by atoms with Crippen LogP contribution in [0, 0.1) is 22.7 Å². The maximum atomic E-state index is 13.2. The van der Waals surface area contributed by atoms with Gasteiger partial charge in [-0.1, -0.05) is 94.0 Å². The second-order valence-electron chi connectivity index (χ2n) is 9.07. The van der Waals surface area contributed by atoms with Crippen LogP contribution in [0.25, 0.3) is 0 Å². The molecular formula is C32H26N4O7P+. The number of alkyl carbamates (subject to hydrolysis) is 2. The van der Waals surface area contributed by atoms with E-state index < -0.39 is 32.9 Å². The summed E-state index contributed by atoms with van der Waals surface area (Å²) in [4.78, 5) is 25.3. The number of hydrogen-bond acceptors (Lipinski definition) is 9. The minimum Gasteiger partial charge on any atom is -0.445 e. The molecule has 0 aromatic heterocycles. The van der Waals surface area contributed by atoms with Crippen LogP contribution in [-0.4, -0.2) is 12.2 Å². The van der Waals surface area contributed by atoms with Gasteiger partial charge in [0.25, 0.3) is 0 Å². The van der Waals surface area contributed by atoms with E-state index >= 15 is 0 Å². The van der Waals surface area contributed by atoms with Gasteiger partial charge in [-0.3, -0.25) is 10.6 Å². The lowest BCUT2D eigenvalue weighted by molar-refractivity contribution is 0.0758. The molecule has 220 valence electrons. The van der Waals surface area contributed by atoms with Crippen molar-refractivity contribution in [1.29, 1.82) is 10.5 Å². The fourth-order valence-electron chi connectivity index (χ4n) is 3.75. The Balaban J connectivity index is 1.47. The third-order valence-electron chi connectivity index (χ3n) is 5.99. The Morgan fingerprint density at radius 1 is 0.614 bits per heavy atom. The number of nitriles is 2. The van der Waals surface area contributed by atoms with Crippen molar-refractivity contribution in [2.75, 3.05) is 0 Å². The van der Waals surface area contributed by atoms with Gasteiger partial charge < -0.3 is 9.47 Å². The molecule has 12 heteroatoms. The van der Waals surface area contributed by atoms with E-state index in [0.717, 1.165) is 11.1 Å². The van der Waals surface area contributed by atoms with Crippen molar-refractivity contribution in [2.24, 2.45) is 0 Å². The standard InChI is InChI=1S/C32H25N4O7P/c33-19-23-11-15-27(16-12-23)29(35-31(37)40-21-25-7-3-1-4-8-25)42-44(39)43-30(28-17-13-24(20-34)14-18-28)36-32(38)41-22-26-9-5-2-6-10-26/h1-18,29-30H,21-22H2,(H-,35,36,37,38)/p+1. The van der Waals surface area contributed by atoms with E-state index in [9.17, 15) is 14.2 Å². The highest BCUT2D eigenvalue weighted by molar-refractivity contribution is 7.33. The average Bonchev–Trinajstić information content (AvgIpc) is 3.07. The first-order chi connectivity index (χ1) is 21.4. The molecule has 2 atom stereocenters. The zero-order chi connectivity index (χ0) is 31.1. The summed E-state index contributed by atoms with van der Waals surface area (Å²) < 4.78 is 34.9. The van der Waals surface area contributed by atoms with E-state index in [-0.39, 0.29) is 13.2 Å². The molecule has 4 aromatic rings. The summed E-state index contributed by atoms with van der Waals surface area (Å²) in [7, 11) is -3.02. The highest BCUT2D eigenvalue weighted by Crippen LogP contribution is 2.37. The Hall–Kier alpha value is -5.58. The highest BCUT2D eigenvalue weighted by atomic mass is 31.1. The number of benzene rings is 4. The Morgan fingerprint density at radius 3 is 1.32 bits per heavy atom. The number of nitrogens with one attached hydrogen (secondary N) is 2. The van der Waals surface area contributed by atoms with Gasteiger partial charge in [-0.15, -0.1) is 0 Å². The van der Waals surface area contributed by atoms with Gasteiger partial charge in [0.15, 0.2) is 0 Å². The van der Waals surface area contributed by atoms with E-state index in [4.69, 9.17) is 29.0 Å². The summed E-state index contributed by atoms with van der Waals surface area (Å²) in [6.07, 6.45) is -4.36. The number of rotatable bonds is 12. The first-order valence-electron chi connectivity index (χ1n) is 13.2. The van der Waals surface area contributed by atoms with E-state index in [0.29, 0.717) is 22.3 Å². The van der Waals surface area contributed by atoms with Gasteiger partial charge in [-0.2, -0.15) is 10.5 Å². The van der Waals surface area contributed by atoms with Gasteiger partial charge in [0, 0.05) is 15.7 Å². The van der Waals surface area contributed by atoms with Gasteiger partial charge >= 0.3 is 20.4 Å². The van der Waals surface area contributed by atoms with Crippen molar-refractivity contribution in [1.82, 2.24) is 10.6 Å². The molecule has 0 aliphatic rings. The van der Waals surface area contributed by atoms with Crippen LogP contribution >= 0.6 is 8.25 Å². The van der Waals surface area contributed by atoms with Crippen LogP contribution in [0.2, 0.25) is 0 Å². The molecule has 2 unspecified atom stereocenters. The zero-order valence-electron chi connectivity index (χ0n) is 23.2. The van der Waals surface area contributed by atoms with Crippen molar-refractivity contribution in [3.05, 3.63) is 143 Å². The quantitative estimate of drug-likeness (QED) is 0.132. The van der Waals surface area contributed by atoms with Crippen LogP contribution in [0.15, 0.2) is 109 Å². The number of carbonyl (C=O) groups excluding carboxylic acids is 2. The fourth-order valence-corrected chi connectivity index (χ4v) is 4.49. The van der Waals surface area contributed by atoms with E-state index in [1.807, 2.05) is 24.3 Å². The van der Waals surface area contributed by atoms with Crippen LogP contribution in [-0.2, 0) is 36.3 Å². The predicted octanol–water partition coefficient (Wildman–Crippen LogP) is 6.67. The van der Waals surface area contributed by atoms with Gasteiger partial charge in [0.05, 0.1) is 23.3 Å². The van der Waals surface area contributed by atoms with Gasteiger partial charge in [0.2, 0.25) is 12.5 Å². The second-order valence-corrected chi connectivity index (χ2v) is 9.94. The van der Waals surface area contributed by atoms with Gasteiger partial charge in [-0.25, -0.2) is 9.59 Å². The lowest BCUT2D eigenvalue weighted by Crippen LogP contribution is -2.31. The van der Waals surface area contributed by atoms with Crippen molar-refractivity contribution < 1.29 is 32.7 Å². The fraction of sp³-hybridized carbons (Fsp3) is 0.125. The minimum atomic E-state index is -3.02. The third-order valence-corrected chi connectivity index (χ3v) is 6.76. The largest absolute Gasteiger partial charge is 0.702 e. The number of carbonyl (C=O) groups is 2. The Kier molecular flexibility index (Phi) is 11.5. The minimum absolute atomic E-state index is 0.0226. The molecule has 2 amide bonds. The topological polar surface area (TPSA) is 160 Å².